The molecule has 1 aromatic rings. The number of nitrogens with zero attached hydrogens (tertiary/aromatic N) is 2. The summed E-state index contributed by atoms with van der Waals surface area (Å²) in [7, 11) is 0. The largest absolute Gasteiger partial charge is 0.444 e. The number of rotatable bonds is 1. The van der Waals surface area contributed by atoms with Gasteiger partial charge >= 0.3 is 6.09 Å². The lowest BCUT2D eigenvalue weighted by molar-refractivity contribution is -0.141. The maximum Gasteiger partial charge on any atom is 0.410 e. The molecular formula is C18H26N2O4. The summed E-state index contributed by atoms with van der Waals surface area (Å²) >= 11 is 0. The first-order chi connectivity index (χ1) is 11.2. The molecule has 1 aromatic heterocycles. The summed E-state index contributed by atoms with van der Waals surface area (Å²) in [5.74, 6) is 0. The molecule has 0 aliphatic carbocycles. The highest BCUT2D eigenvalue weighted by Gasteiger charge is 2.49. The topological polar surface area (TPSA) is 71.9 Å². The molecule has 0 aromatic carbocycles. The third-order valence-electron chi connectivity index (χ3n) is 4.59. The average molecular weight is 334 g/mol. The van der Waals surface area contributed by atoms with Crippen LogP contribution in [-0.2, 0) is 15.1 Å². The highest BCUT2D eigenvalue weighted by molar-refractivity contribution is 5.69. The van der Waals surface area contributed by atoms with E-state index in [9.17, 15) is 9.90 Å². The van der Waals surface area contributed by atoms with E-state index < -0.39 is 11.2 Å². The second-order valence-corrected chi connectivity index (χ2v) is 7.86. The lowest BCUT2D eigenvalue weighted by atomic mass is 9.77. The SMILES string of the molecule is Cc1cc(C2(O)CC3COCC(C2)N3C(=O)OC(C)(C)C)ccn1. The van der Waals surface area contributed by atoms with Crippen LogP contribution in [0.25, 0.3) is 0 Å². The Bertz CT molecular complexity index is 612. The molecule has 2 atom stereocenters. The van der Waals surface area contributed by atoms with Crippen molar-refractivity contribution in [2.45, 2.75) is 63.8 Å². The fourth-order valence-electron chi connectivity index (χ4n) is 3.66. The summed E-state index contributed by atoms with van der Waals surface area (Å²) in [5.41, 5.74) is 0.223. The number of morpholine rings is 1. The number of aromatic nitrogens is 1. The zero-order valence-electron chi connectivity index (χ0n) is 14.8. The van der Waals surface area contributed by atoms with Crippen LogP contribution in [0.15, 0.2) is 18.3 Å². The van der Waals surface area contributed by atoms with Gasteiger partial charge in [-0.25, -0.2) is 4.79 Å². The average Bonchev–Trinajstić information content (AvgIpc) is 2.44. The first-order valence-electron chi connectivity index (χ1n) is 8.42. The summed E-state index contributed by atoms with van der Waals surface area (Å²) in [6, 6.07) is 3.39. The summed E-state index contributed by atoms with van der Waals surface area (Å²) in [5, 5.41) is 11.2. The van der Waals surface area contributed by atoms with Crippen LogP contribution in [-0.4, -0.2) is 52.0 Å². The van der Waals surface area contributed by atoms with Gasteiger partial charge in [0.15, 0.2) is 0 Å². The van der Waals surface area contributed by atoms with Crippen LogP contribution in [0.2, 0.25) is 0 Å². The molecule has 6 heteroatoms. The molecule has 3 rings (SSSR count). The minimum atomic E-state index is -0.967. The van der Waals surface area contributed by atoms with Crippen molar-refractivity contribution in [2.24, 2.45) is 0 Å². The van der Waals surface area contributed by atoms with Crippen LogP contribution in [0.4, 0.5) is 4.79 Å². The summed E-state index contributed by atoms with van der Waals surface area (Å²) in [4.78, 5) is 18.5. The Balaban J connectivity index is 1.84. The summed E-state index contributed by atoms with van der Waals surface area (Å²) in [6.07, 6.45) is 2.27. The molecule has 1 N–H and O–H groups in total. The van der Waals surface area contributed by atoms with E-state index in [1.165, 1.54) is 0 Å². The van der Waals surface area contributed by atoms with Crippen molar-refractivity contribution in [3.8, 4) is 0 Å². The minimum absolute atomic E-state index is 0.189. The van der Waals surface area contributed by atoms with Gasteiger partial charge in [0, 0.05) is 24.7 Å². The predicted molar refractivity (Wildman–Crippen MR) is 88.6 cm³/mol. The van der Waals surface area contributed by atoms with E-state index in [1.807, 2.05) is 39.8 Å². The number of piperidine rings is 1. The van der Waals surface area contributed by atoms with Crippen molar-refractivity contribution >= 4 is 6.09 Å². The lowest BCUT2D eigenvalue weighted by Crippen LogP contribution is -2.63. The molecule has 2 bridgehead atoms. The van der Waals surface area contributed by atoms with E-state index in [4.69, 9.17) is 9.47 Å². The number of amides is 1. The minimum Gasteiger partial charge on any atom is -0.444 e. The van der Waals surface area contributed by atoms with Gasteiger partial charge in [-0.3, -0.25) is 9.88 Å². The van der Waals surface area contributed by atoms with Crippen LogP contribution in [0.1, 0.15) is 44.9 Å². The van der Waals surface area contributed by atoms with Gasteiger partial charge in [-0.1, -0.05) is 0 Å². The van der Waals surface area contributed by atoms with Crippen LogP contribution in [0.5, 0.6) is 0 Å². The third-order valence-corrected chi connectivity index (χ3v) is 4.59. The van der Waals surface area contributed by atoms with E-state index in [2.05, 4.69) is 4.98 Å². The second-order valence-electron chi connectivity index (χ2n) is 7.86. The molecule has 6 nitrogen and oxygen atoms in total. The maximum atomic E-state index is 12.6. The standard InChI is InChI=1S/C18H26N2O4/c1-12-7-13(5-6-19-12)18(22)8-14-10-23-11-15(9-18)20(14)16(21)24-17(2,3)4/h5-7,14-15,22H,8-11H2,1-4H3. The number of hydrogen-bond donors (Lipinski definition) is 1. The molecule has 2 saturated heterocycles. The van der Waals surface area contributed by atoms with Crippen LogP contribution >= 0.6 is 0 Å². The molecule has 0 spiro atoms. The Morgan fingerprint density at radius 3 is 2.54 bits per heavy atom. The Morgan fingerprint density at radius 2 is 2.00 bits per heavy atom. The number of pyridine rings is 1. The Morgan fingerprint density at radius 1 is 1.38 bits per heavy atom. The first-order valence-corrected chi connectivity index (χ1v) is 8.42. The number of ether oxygens (including phenoxy) is 2. The molecule has 2 unspecified atom stereocenters. The lowest BCUT2D eigenvalue weighted by Gasteiger charge is -2.51. The Kier molecular flexibility index (Phi) is 4.30. The van der Waals surface area contributed by atoms with Gasteiger partial charge in [-0.15, -0.1) is 0 Å². The van der Waals surface area contributed by atoms with Gasteiger partial charge < -0.3 is 14.6 Å². The second kappa shape index (κ2) is 6.01. The quantitative estimate of drug-likeness (QED) is 0.854. The third kappa shape index (κ3) is 3.39. The van der Waals surface area contributed by atoms with Crippen LogP contribution < -0.4 is 0 Å². The first kappa shape index (κ1) is 17.2. The van der Waals surface area contributed by atoms with E-state index in [0.29, 0.717) is 26.1 Å². The van der Waals surface area contributed by atoms with Crippen LogP contribution in [0, 0.1) is 6.92 Å². The van der Waals surface area contributed by atoms with Crippen molar-refractivity contribution in [1.82, 2.24) is 9.88 Å². The van der Waals surface area contributed by atoms with Crippen molar-refractivity contribution < 1.29 is 19.4 Å². The van der Waals surface area contributed by atoms with Gasteiger partial charge in [0.05, 0.1) is 30.9 Å². The van der Waals surface area contributed by atoms with Gasteiger partial charge in [0.2, 0.25) is 0 Å². The van der Waals surface area contributed by atoms with Gasteiger partial charge in [-0.2, -0.15) is 0 Å². The highest BCUT2D eigenvalue weighted by atomic mass is 16.6. The molecule has 132 valence electrons. The maximum absolute atomic E-state index is 12.6. The van der Waals surface area contributed by atoms with Crippen molar-refractivity contribution in [2.75, 3.05) is 13.2 Å². The summed E-state index contributed by atoms with van der Waals surface area (Å²) in [6.45, 7) is 8.32. The van der Waals surface area contributed by atoms with E-state index >= 15 is 0 Å². The molecule has 2 aliphatic heterocycles. The molecule has 24 heavy (non-hydrogen) atoms. The van der Waals surface area contributed by atoms with Crippen molar-refractivity contribution in [1.29, 1.82) is 0 Å². The molecule has 0 radical (unpaired) electrons. The van der Waals surface area contributed by atoms with Gasteiger partial charge in [0.25, 0.3) is 0 Å². The molecule has 3 heterocycles. The van der Waals surface area contributed by atoms with E-state index in [-0.39, 0.29) is 18.2 Å². The fourth-order valence-corrected chi connectivity index (χ4v) is 3.66. The van der Waals surface area contributed by atoms with Gasteiger partial charge in [-0.05, 0) is 45.4 Å². The molecule has 2 fully saturated rings. The highest BCUT2D eigenvalue weighted by Crippen LogP contribution is 2.41. The number of aliphatic hydroxyl groups is 1. The summed E-state index contributed by atoms with van der Waals surface area (Å²) < 4.78 is 11.2. The van der Waals surface area contributed by atoms with Crippen molar-refractivity contribution in [3.63, 3.8) is 0 Å². The zero-order chi connectivity index (χ0) is 17.5. The number of carbonyl (C=O) groups excluding carboxylic acids is 1. The fraction of sp³-hybridized carbons (Fsp3) is 0.667. The molecule has 1 amide bonds. The van der Waals surface area contributed by atoms with Crippen LogP contribution in [0.3, 0.4) is 0 Å². The number of carbonyl (C=O) groups is 1. The zero-order valence-corrected chi connectivity index (χ0v) is 14.8. The number of aryl methyl sites for hydroxylation is 1. The van der Waals surface area contributed by atoms with Crippen molar-refractivity contribution in [3.05, 3.63) is 29.6 Å². The monoisotopic (exact) mass is 334 g/mol. The van der Waals surface area contributed by atoms with Gasteiger partial charge in [0.1, 0.15) is 5.60 Å². The predicted octanol–water partition coefficient (Wildman–Crippen LogP) is 2.38. The number of hydrogen-bond acceptors (Lipinski definition) is 5. The number of fused-ring (bicyclic) bond motifs is 2. The molecule has 0 saturated carbocycles. The Labute approximate surface area is 142 Å². The smallest absolute Gasteiger partial charge is 0.410 e. The van der Waals surface area contributed by atoms with E-state index in [0.717, 1.165) is 11.3 Å². The Hall–Kier alpha value is -1.66. The molecule has 2 aliphatic rings. The molecular weight excluding hydrogens is 308 g/mol. The normalized spacial score (nSPS) is 30.1. The van der Waals surface area contributed by atoms with E-state index in [1.54, 1.807) is 11.1 Å².